The van der Waals surface area contributed by atoms with E-state index in [1.165, 1.54) is 0 Å². The number of aliphatic carboxylic acids is 1. The van der Waals surface area contributed by atoms with Crippen molar-refractivity contribution in [1.29, 1.82) is 0 Å². The number of ether oxygens (including phenoxy) is 4. The molecular formula is C18H27NO14. The molecule has 0 saturated carbocycles. The summed E-state index contributed by atoms with van der Waals surface area (Å²) < 4.78 is 19.9. The van der Waals surface area contributed by atoms with Crippen molar-refractivity contribution >= 4 is 29.8 Å². The molecule has 7 atom stereocenters. The van der Waals surface area contributed by atoms with Crippen LogP contribution in [0, 0.1) is 0 Å². The number of esters is 3. The SMILES string of the molecule is CC(=O)O[C@@H]([C@@H]1OC(O)(C(=O)O)C[C@H](OC(C)=O)[C@H]1NC(=O)CO)[C@H](O)COC(=O)C(C)O. The van der Waals surface area contributed by atoms with Crippen molar-refractivity contribution in [2.75, 3.05) is 13.2 Å². The molecule has 1 heterocycles. The third kappa shape index (κ3) is 7.90. The van der Waals surface area contributed by atoms with Gasteiger partial charge in [-0.15, -0.1) is 0 Å². The summed E-state index contributed by atoms with van der Waals surface area (Å²) in [5, 5.41) is 50.9. The van der Waals surface area contributed by atoms with Gasteiger partial charge in [-0.1, -0.05) is 0 Å². The van der Waals surface area contributed by atoms with Crippen molar-refractivity contribution in [1.82, 2.24) is 5.32 Å². The van der Waals surface area contributed by atoms with Gasteiger partial charge in [0.25, 0.3) is 5.79 Å². The Morgan fingerprint density at radius 1 is 1.15 bits per heavy atom. The van der Waals surface area contributed by atoms with E-state index in [4.69, 9.17) is 19.3 Å². The summed E-state index contributed by atoms with van der Waals surface area (Å²) in [7, 11) is 0. The van der Waals surface area contributed by atoms with E-state index in [-0.39, 0.29) is 0 Å². The number of nitrogens with one attached hydrogen (secondary N) is 1. The number of carbonyl (C=O) groups excluding carboxylic acids is 4. The lowest BCUT2D eigenvalue weighted by atomic mass is 9.88. The van der Waals surface area contributed by atoms with Crippen LogP contribution in [0.2, 0.25) is 0 Å². The minimum Gasteiger partial charge on any atom is -0.477 e. The minimum atomic E-state index is -3.01. The third-order valence-electron chi connectivity index (χ3n) is 4.43. The van der Waals surface area contributed by atoms with Gasteiger partial charge in [-0.2, -0.15) is 0 Å². The molecule has 0 aromatic heterocycles. The standard InChI is InChI=1S/C18H27NO14/c1-7(21)16(26)30-6-10(24)14(32-9(3)23)15-13(19-12(25)5-20)11(31-8(2)22)4-18(29,33-15)17(27)28/h7,10-11,13-15,20-21,24,29H,4-6H2,1-3H3,(H,19,25)(H,27,28)/t7?,10-,11+,13-,14-,15-,18?/m1/s1. The number of carboxylic acids is 1. The molecule has 6 N–H and O–H groups in total. The molecule has 0 bridgehead atoms. The van der Waals surface area contributed by atoms with Gasteiger partial charge in [0.2, 0.25) is 5.91 Å². The lowest BCUT2D eigenvalue weighted by molar-refractivity contribution is -0.297. The number of aliphatic hydroxyl groups excluding tert-OH is 3. The van der Waals surface area contributed by atoms with Crippen molar-refractivity contribution in [3.05, 3.63) is 0 Å². The van der Waals surface area contributed by atoms with Gasteiger partial charge in [0.1, 0.15) is 37.6 Å². The van der Waals surface area contributed by atoms with E-state index < -0.39 is 91.8 Å². The van der Waals surface area contributed by atoms with E-state index in [0.717, 1.165) is 20.8 Å². The highest BCUT2D eigenvalue weighted by Gasteiger charge is 2.56. The van der Waals surface area contributed by atoms with Crippen LogP contribution in [-0.2, 0) is 42.9 Å². The highest BCUT2D eigenvalue weighted by Crippen LogP contribution is 2.33. The fourth-order valence-corrected chi connectivity index (χ4v) is 3.04. The van der Waals surface area contributed by atoms with E-state index in [9.17, 15) is 44.4 Å². The van der Waals surface area contributed by atoms with Crippen LogP contribution in [0.4, 0.5) is 0 Å². The Morgan fingerprint density at radius 2 is 1.76 bits per heavy atom. The second kappa shape index (κ2) is 11.9. The van der Waals surface area contributed by atoms with Crippen LogP contribution in [0.3, 0.4) is 0 Å². The first-order chi connectivity index (χ1) is 15.2. The molecule has 15 heteroatoms. The molecule has 0 aromatic carbocycles. The quantitative estimate of drug-likeness (QED) is 0.130. The lowest BCUT2D eigenvalue weighted by Crippen LogP contribution is -2.68. The van der Waals surface area contributed by atoms with E-state index in [0.29, 0.717) is 0 Å². The molecule has 1 aliphatic rings. The topological polar surface area (TPSA) is 235 Å². The normalized spacial score (nSPS) is 27.4. The molecule has 2 unspecified atom stereocenters. The third-order valence-corrected chi connectivity index (χ3v) is 4.43. The minimum absolute atomic E-state index is 0.880. The summed E-state index contributed by atoms with van der Waals surface area (Å²) in [6.45, 7) is 1.03. The van der Waals surface area contributed by atoms with Gasteiger partial charge in [-0.25, -0.2) is 9.59 Å². The summed E-state index contributed by atoms with van der Waals surface area (Å²) in [6.07, 6.45) is -9.72. The molecule has 1 saturated heterocycles. The molecule has 1 aliphatic heterocycles. The van der Waals surface area contributed by atoms with Crippen molar-refractivity contribution in [3.63, 3.8) is 0 Å². The largest absolute Gasteiger partial charge is 0.477 e. The molecule has 0 radical (unpaired) electrons. The van der Waals surface area contributed by atoms with Crippen LogP contribution >= 0.6 is 0 Å². The molecule has 1 amide bonds. The van der Waals surface area contributed by atoms with Crippen molar-refractivity contribution in [2.45, 2.75) is 69.5 Å². The number of hydrogen-bond donors (Lipinski definition) is 6. The second-order valence-corrected chi connectivity index (χ2v) is 7.22. The molecule has 0 aromatic rings. The Kier molecular flexibility index (Phi) is 10.1. The molecule has 188 valence electrons. The number of carbonyl (C=O) groups is 5. The lowest BCUT2D eigenvalue weighted by Gasteiger charge is -2.46. The second-order valence-electron chi connectivity index (χ2n) is 7.22. The van der Waals surface area contributed by atoms with E-state index in [2.05, 4.69) is 10.1 Å². The summed E-state index contributed by atoms with van der Waals surface area (Å²) in [5.74, 6) is -9.08. The first kappa shape index (κ1) is 28.2. The number of carboxylic acid groups (broad SMARTS) is 1. The number of rotatable bonds is 10. The average molecular weight is 481 g/mol. The first-order valence-corrected chi connectivity index (χ1v) is 9.62. The Morgan fingerprint density at radius 3 is 2.21 bits per heavy atom. The Labute approximate surface area is 187 Å². The molecule has 15 nitrogen and oxygen atoms in total. The maximum atomic E-state index is 11.9. The van der Waals surface area contributed by atoms with Crippen LogP contribution in [-0.4, -0.2) is 111 Å². The summed E-state index contributed by atoms with van der Waals surface area (Å²) in [5.41, 5.74) is 0. The van der Waals surface area contributed by atoms with Gasteiger partial charge in [-0.3, -0.25) is 14.4 Å². The fourth-order valence-electron chi connectivity index (χ4n) is 3.04. The van der Waals surface area contributed by atoms with Gasteiger partial charge in [0.15, 0.2) is 6.10 Å². The van der Waals surface area contributed by atoms with Gasteiger partial charge in [-0.05, 0) is 6.92 Å². The molecule has 0 spiro atoms. The van der Waals surface area contributed by atoms with Crippen LogP contribution in [0.25, 0.3) is 0 Å². The van der Waals surface area contributed by atoms with Crippen LogP contribution in [0.5, 0.6) is 0 Å². The summed E-state index contributed by atoms with van der Waals surface area (Å²) in [4.78, 5) is 58.2. The molecule has 1 rings (SSSR count). The maximum Gasteiger partial charge on any atom is 0.364 e. The molecule has 1 fully saturated rings. The Hall–Kier alpha value is -2.85. The van der Waals surface area contributed by atoms with Crippen LogP contribution < -0.4 is 5.32 Å². The van der Waals surface area contributed by atoms with Gasteiger partial charge in [0.05, 0.1) is 12.5 Å². The summed E-state index contributed by atoms with van der Waals surface area (Å²) >= 11 is 0. The van der Waals surface area contributed by atoms with Crippen molar-refractivity contribution in [2.24, 2.45) is 0 Å². The number of aliphatic hydroxyl groups is 4. The Balaban J connectivity index is 3.43. The number of hydrogen-bond acceptors (Lipinski definition) is 13. The molecule has 0 aliphatic carbocycles. The molecular weight excluding hydrogens is 454 g/mol. The fraction of sp³-hybridized carbons (Fsp3) is 0.722. The van der Waals surface area contributed by atoms with Crippen LogP contribution in [0.15, 0.2) is 0 Å². The van der Waals surface area contributed by atoms with E-state index >= 15 is 0 Å². The van der Waals surface area contributed by atoms with Crippen molar-refractivity contribution < 1.29 is 68.5 Å². The maximum absolute atomic E-state index is 11.9. The van der Waals surface area contributed by atoms with Gasteiger partial charge >= 0.3 is 23.9 Å². The predicted molar refractivity (Wildman–Crippen MR) is 101 cm³/mol. The van der Waals surface area contributed by atoms with Gasteiger partial charge in [0, 0.05) is 13.8 Å². The zero-order valence-corrected chi connectivity index (χ0v) is 18.0. The van der Waals surface area contributed by atoms with E-state index in [1.807, 2.05) is 0 Å². The van der Waals surface area contributed by atoms with Crippen LogP contribution in [0.1, 0.15) is 27.2 Å². The first-order valence-electron chi connectivity index (χ1n) is 9.62. The smallest absolute Gasteiger partial charge is 0.364 e. The predicted octanol–water partition coefficient (Wildman–Crippen LogP) is -3.83. The Bertz CT molecular complexity index is 754. The van der Waals surface area contributed by atoms with Crippen molar-refractivity contribution in [3.8, 4) is 0 Å². The molecule has 33 heavy (non-hydrogen) atoms. The van der Waals surface area contributed by atoms with Gasteiger partial charge < -0.3 is 49.8 Å². The average Bonchev–Trinajstić information content (AvgIpc) is 2.70. The zero-order chi connectivity index (χ0) is 25.5. The monoisotopic (exact) mass is 481 g/mol. The highest BCUT2D eigenvalue weighted by atomic mass is 16.7. The summed E-state index contributed by atoms with van der Waals surface area (Å²) in [6, 6.07) is -1.54. The highest BCUT2D eigenvalue weighted by molar-refractivity contribution is 5.78. The van der Waals surface area contributed by atoms with E-state index in [1.54, 1.807) is 0 Å². The zero-order valence-electron chi connectivity index (χ0n) is 18.0. The number of amides is 1.